The fourth-order valence-corrected chi connectivity index (χ4v) is 1.69. The largest absolute Gasteiger partial charge is 0.497 e. The molecular weight excluding hydrogens is 234 g/mol. The van der Waals surface area contributed by atoms with Crippen LogP contribution in [0.2, 0.25) is 0 Å². The molecule has 0 spiro atoms. The van der Waals surface area contributed by atoms with E-state index in [0.717, 1.165) is 11.3 Å². The first-order chi connectivity index (χ1) is 8.79. The molecule has 1 atom stereocenters. The molecule has 1 aliphatic heterocycles. The van der Waals surface area contributed by atoms with Crippen LogP contribution in [-0.4, -0.2) is 38.9 Å². The van der Waals surface area contributed by atoms with Crippen molar-refractivity contribution in [1.29, 1.82) is 0 Å². The Kier molecular flexibility index (Phi) is 4.55. The highest BCUT2D eigenvalue weighted by atomic mass is 16.5. The van der Waals surface area contributed by atoms with E-state index in [1.165, 1.54) is 0 Å². The number of nitrogens with one attached hydrogen (secondary N) is 1. The van der Waals surface area contributed by atoms with Crippen LogP contribution in [0.5, 0.6) is 5.75 Å². The zero-order valence-electron chi connectivity index (χ0n) is 10.3. The molecule has 1 heterocycles. The summed E-state index contributed by atoms with van der Waals surface area (Å²) >= 11 is 0. The normalized spacial score (nSPS) is 19.3. The van der Waals surface area contributed by atoms with Gasteiger partial charge in [0, 0.05) is 6.54 Å². The molecule has 0 radical (unpaired) electrons. The Balaban J connectivity index is 1.80. The maximum absolute atomic E-state index is 11.7. The van der Waals surface area contributed by atoms with Gasteiger partial charge < -0.3 is 19.5 Å². The lowest BCUT2D eigenvalue weighted by molar-refractivity contribution is -0.150. The predicted octanol–water partition coefficient (Wildman–Crippen LogP) is 0.727. The lowest BCUT2D eigenvalue weighted by Crippen LogP contribution is -2.47. The molecule has 1 fully saturated rings. The molecule has 1 N–H and O–H groups in total. The van der Waals surface area contributed by atoms with Crippen LogP contribution in [0.15, 0.2) is 24.3 Å². The third-order valence-corrected chi connectivity index (χ3v) is 2.75. The van der Waals surface area contributed by atoms with Crippen LogP contribution in [-0.2, 0) is 20.9 Å². The Morgan fingerprint density at radius 3 is 2.83 bits per heavy atom. The number of hydrogen-bond acceptors (Lipinski definition) is 5. The molecule has 2 rings (SSSR count). The van der Waals surface area contributed by atoms with Crippen molar-refractivity contribution in [1.82, 2.24) is 5.32 Å². The van der Waals surface area contributed by atoms with E-state index in [9.17, 15) is 4.79 Å². The number of benzene rings is 1. The molecular formula is C13H17NO4. The minimum absolute atomic E-state index is 0.265. The number of hydrogen-bond donors (Lipinski definition) is 1. The Bertz CT molecular complexity index is 384. The summed E-state index contributed by atoms with van der Waals surface area (Å²) in [5, 5.41) is 3.05. The molecule has 5 nitrogen and oxygen atoms in total. The molecule has 1 saturated heterocycles. The van der Waals surface area contributed by atoms with Crippen molar-refractivity contribution < 1.29 is 19.0 Å². The summed E-state index contributed by atoms with van der Waals surface area (Å²) in [6, 6.07) is 7.07. The molecule has 1 aromatic carbocycles. The number of methoxy groups -OCH3 is 1. The van der Waals surface area contributed by atoms with E-state index in [-0.39, 0.29) is 18.6 Å². The molecule has 1 unspecified atom stereocenters. The van der Waals surface area contributed by atoms with Crippen molar-refractivity contribution in [3.8, 4) is 5.75 Å². The lowest BCUT2D eigenvalue weighted by atomic mass is 10.2. The molecule has 0 aliphatic carbocycles. The van der Waals surface area contributed by atoms with Gasteiger partial charge in [-0.15, -0.1) is 0 Å². The second kappa shape index (κ2) is 6.37. The number of carbonyl (C=O) groups excluding carboxylic acids is 1. The average molecular weight is 251 g/mol. The van der Waals surface area contributed by atoms with Gasteiger partial charge in [0.05, 0.1) is 20.3 Å². The predicted molar refractivity (Wildman–Crippen MR) is 65.4 cm³/mol. The summed E-state index contributed by atoms with van der Waals surface area (Å²) < 4.78 is 15.5. The first kappa shape index (κ1) is 12.9. The first-order valence-corrected chi connectivity index (χ1v) is 5.90. The highest BCUT2D eigenvalue weighted by molar-refractivity contribution is 5.76. The van der Waals surface area contributed by atoms with E-state index in [4.69, 9.17) is 14.2 Å². The third-order valence-electron chi connectivity index (χ3n) is 2.75. The maximum Gasteiger partial charge on any atom is 0.325 e. The SMILES string of the molecule is COc1ccc(COC(=O)C2COCCN2)cc1. The Hall–Kier alpha value is -1.59. The molecule has 98 valence electrons. The van der Waals surface area contributed by atoms with Gasteiger partial charge in [-0.2, -0.15) is 0 Å². The Labute approximate surface area is 106 Å². The van der Waals surface area contributed by atoms with Crippen molar-refractivity contribution in [3.05, 3.63) is 29.8 Å². The van der Waals surface area contributed by atoms with Gasteiger partial charge in [0.15, 0.2) is 0 Å². The smallest absolute Gasteiger partial charge is 0.325 e. The molecule has 1 aromatic rings. The van der Waals surface area contributed by atoms with Crippen molar-refractivity contribution in [2.45, 2.75) is 12.6 Å². The Morgan fingerprint density at radius 1 is 1.44 bits per heavy atom. The summed E-state index contributed by atoms with van der Waals surface area (Å²) in [7, 11) is 1.61. The van der Waals surface area contributed by atoms with Crippen molar-refractivity contribution in [2.75, 3.05) is 26.9 Å². The van der Waals surface area contributed by atoms with E-state index in [0.29, 0.717) is 19.8 Å². The summed E-state index contributed by atoms with van der Waals surface area (Å²) in [5.74, 6) is 0.512. The number of morpholine rings is 1. The standard InChI is InChI=1S/C13H17NO4/c1-16-11-4-2-10(3-5-11)8-18-13(15)12-9-17-7-6-14-12/h2-5,12,14H,6-9H2,1H3. The number of rotatable bonds is 4. The van der Waals surface area contributed by atoms with Gasteiger partial charge in [0.2, 0.25) is 0 Å². The van der Waals surface area contributed by atoms with Gasteiger partial charge in [-0.1, -0.05) is 12.1 Å². The van der Waals surface area contributed by atoms with Gasteiger partial charge in [-0.25, -0.2) is 0 Å². The van der Waals surface area contributed by atoms with Gasteiger partial charge in [-0.05, 0) is 17.7 Å². The van der Waals surface area contributed by atoms with Crippen LogP contribution in [0.3, 0.4) is 0 Å². The van der Waals surface area contributed by atoms with Crippen LogP contribution in [0.4, 0.5) is 0 Å². The second-order valence-electron chi connectivity index (χ2n) is 4.04. The molecule has 1 aliphatic rings. The van der Waals surface area contributed by atoms with E-state index >= 15 is 0 Å². The fourth-order valence-electron chi connectivity index (χ4n) is 1.69. The molecule has 0 amide bonds. The molecule has 0 aromatic heterocycles. The highest BCUT2D eigenvalue weighted by Crippen LogP contribution is 2.12. The summed E-state index contributed by atoms with van der Waals surface area (Å²) in [6.07, 6.45) is 0. The summed E-state index contributed by atoms with van der Waals surface area (Å²) in [5.41, 5.74) is 0.931. The average Bonchev–Trinajstić information content (AvgIpc) is 2.46. The second-order valence-corrected chi connectivity index (χ2v) is 4.04. The molecule has 0 bridgehead atoms. The van der Waals surface area contributed by atoms with Gasteiger partial charge in [-0.3, -0.25) is 4.79 Å². The van der Waals surface area contributed by atoms with Gasteiger partial charge in [0.25, 0.3) is 0 Å². The van der Waals surface area contributed by atoms with E-state index in [1.807, 2.05) is 24.3 Å². The van der Waals surface area contributed by atoms with Gasteiger partial charge in [0.1, 0.15) is 18.4 Å². The molecule has 5 heteroatoms. The first-order valence-electron chi connectivity index (χ1n) is 5.90. The minimum atomic E-state index is -0.350. The van der Waals surface area contributed by atoms with Crippen LogP contribution in [0.1, 0.15) is 5.56 Å². The maximum atomic E-state index is 11.7. The number of ether oxygens (including phenoxy) is 3. The Morgan fingerprint density at radius 2 is 2.22 bits per heavy atom. The number of carbonyl (C=O) groups is 1. The topological polar surface area (TPSA) is 56.8 Å². The molecule has 18 heavy (non-hydrogen) atoms. The summed E-state index contributed by atoms with van der Waals surface area (Å²) in [6.45, 7) is 1.97. The number of esters is 1. The van der Waals surface area contributed by atoms with Crippen molar-refractivity contribution in [3.63, 3.8) is 0 Å². The lowest BCUT2D eigenvalue weighted by Gasteiger charge is -2.22. The van der Waals surface area contributed by atoms with Crippen molar-refractivity contribution in [2.24, 2.45) is 0 Å². The zero-order chi connectivity index (χ0) is 12.8. The van der Waals surface area contributed by atoms with E-state index < -0.39 is 0 Å². The van der Waals surface area contributed by atoms with Crippen molar-refractivity contribution >= 4 is 5.97 Å². The van der Waals surface area contributed by atoms with Crippen LogP contribution < -0.4 is 10.1 Å². The summed E-state index contributed by atoms with van der Waals surface area (Å²) in [4.78, 5) is 11.7. The zero-order valence-corrected chi connectivity index (χ0v) is 10.3. The molecule has 0 saturated carbocycles. The monoisotopic (exact) mass is 251 g/mol. The van der Waals surface area contributed by atoms with Gasteiger partial charge >= 0.3 is 5.97 Å². The highest BCUT2D eigenvalue weighted by Gasteiger charge is 2.22. The van der Waals surface area contributed by atoms with Crippen LogP contribution in [0.25, 0.3) is 0 Å². The quantitative estimate of drug-likeness (QED) is 0.799. The van der Waals surface area contributed by atoms with Crippen LogP contribution in [0, 0.1) is 0 Å². The van der Waals surface area contributed by atoms with E-state index in [1.54, 1.807) is 7.11 Å². The van der Waals surface area contributed by atoms with E-state index in [2.05, 4.69) is 5.32 Å². The third kappa shape index (κ3) is 3.45. The van der Waals surface area contributed by atoms with Crippen LogP contribution >= 0.6 is 0 Å². The minimum Gasteiger partial charge on any atom is -0.497 e. The fraction of sp³-hybridized carbons (Fsp3) is 0.462.